The van der Waals surface area contributed by atoms with Crippen LogP contribution in [0.5, 0.6) is 0 Å². The predicted octanol–water partition coefficient (Wildman–Crippen LogP) is 4.00. The maximum absolute atomic E-state index is 13.4. The molecule has 1 saturated heterocycles. The summed E-state index contributed by atoms with van der Waals surface area (Å²) in [6, 6.07) is 3.78. The van der Waals surface area contributed by atoms with Crippen LogP contribution in [0.15, 0.2) is 42.5 Å². The maximum Gasteiger partial charge on any atom is 0.416 e. The van der Waals surface area contributed by atoms with E-state index in [2.05, 4.69) is 27.5 Å². The molecule has 1 fully saturated rings. The van der Waals surface area contributed by atoms with Crippen molar-refractivity contribution < 1.29 is 26.3 Å². The van der Waals surface area contributed by atoms with Gasteiger partial charge in [-0.1, -0.05) is 31.2 Å². The van der Waals surface area contributed by atoms with Crippen LogP contribution in [0.4, 0.5) is 18.9 Å². The summed E-state index contributed by atoms with van der Waals surface area (Å²) in [7, 11) is -3.47. The Kier molecular flexibility index (Phi) is 7.71. The molecule has 1 aromatic rings. The Bertz CT molecular complexity index is 1030. The molecule has 1 unspecified atom stereocenters. The molecular formula is C24H32F3N3O3S. The number of hydrogen-bond acceptors (Lipinski definition) is 5. The Morgan fingerprint density at radius 2 is 2.03 bits per heavy atom. The molecule has 0 aromatic heterocycles. The molecule has 10 heteroatoms. The molecular weight excluding hydrogens is 467 g/mol. The lowest BCUT2D eigenvalue weighted by molar-refractivity contribution is -0.138. The third kappa shape index (κ3) is 5.84. The van der Waals surface area contributed by atoms with E-state index in [-0.39, 0.29) is 30.2 Å². The maximum atomic E-state index is 13.4. The number of rotatable bonds is 8. The van der Waals surface area contributed by atoms with Gasteiger partial charge in [-0.15, -0.1) is 0 Å². The number of halogens is 3. The summed E-state index contributed by atoms with van der Waals surface area (Å²) >= 11 is 0. The molecule has 3 N–H and O–H groups in total. The minimum absolute atomic E-state index is 0.0151. The van der Waals surface area contributed by atoms with Crippen LogP contribution in [-0.4, -0.2) is 46.0 Å². The molecule has 188 valence electrons. The molecule has 0 amide bonds. The lowest BCUT2D eigenvalue weighted by atomic mass is 9.73. The fourth-order valence-corrected chi connectivity index (χ4v) is 6.08. The first kappa shape index (κ1) is 25.2. The van der Waals surface area contributed by atoms with Gasteiger partial charge in [0.15, 0.2) is 0 Å². The van der Waals surface area contributed by atoms with Gasteiger partial charge in [-0.05, 0) is 44.0 Å². The van der Waals surface area contributed by atoms with Crippen molar-refractivity contribution in [3.63, 3.8) is 0 Å². The Labute approximate surface area is 199 Å². The van der Waals surface area contributed by atoms with Crippen molar-refractivity contribution in [2.75, 3.05) is 30.7 Å². The molecule has 2 heterocycles. The summed E-state index contributed by atoms with van der Waals surface area (Å²) in [5.74, 6) is 0.154. The molecule has 1 aliphatic carbocycles. The van der Waals surface area contributed by atoms with Crippen LogP contribution in [0, 0.1) is 11.8 Å². The van der Waals surface area contributed by atoms with Crippen molar-refractivity contribution >= 4 is 15.7 Å². The Hall–Kier alpha value is -1.88. The van der Waals surface area contributed by atoms with Gasteiger partial charge in [0.1, 0.15) is 0 Å². The number of benzene rings is 1. The van der Waals surface area contributed by atoms with Crippen molar-refractivity contribution in [2.24, 2.45) is 11.8 Å². The zero-order chi connectivity index (χ0) is 24.3. The molecule has 2 aliphatic heterocycles. The second-order valence-corrected chi connectivity index (χ2v) is 11.0. The van der Waals surface area contributed by atoms with Crippen molar-refractivity contribution in [1.29, 1.82) is 0 Å². The van der Waals surface area contributed by atoms with E-state index in [9.17, 15) is 21.6 Å². The van der Waals surface area contributed by atoms with Gasteiger partial charge in [-0.25, -0.2) is 13.1 Å². The summed E-state index contributed by atoms with van der Waals surface area (Å²) in [6.45, 7) is 3.05. The summed E-state index contributed by atoms with van der Waals surface area (Å²) < 4.78 is 73.9. The van der Waals surface area contributed by atoms with Gasteiger partial charge in [0.05, 0.1) is 23.5 Å². The van der Waals surface area contributed by atoms with Crippen LogP contribution in [0.25, 0.3) is 0 Å². The zero-order valence-corrected chi connectivity index (χ0v) is 20.0. The number of ether oxygens (including phenoxy) is 1. The molecule has 0 radical (unpaired) electrons. The standard InChI is InChI=1S/C24H32F3N3O3S/c1-2-28-12-13-34(31,32)29-15-18-9-10-19-22(16-6-4-3-5-7-16)30-21-11-8-17(24(25,26)27)14-20(21)23(19)33-18/h3-6,8,11,14,16,18-19,22-23,28-30H,2,7,9-10,12-13,15H2,1H3/t16?,18-,19+,22+,23+/m1/s1. The van der Waals surface area contributed by atoms with Gasteiger partial charge in [0, 0.05) is 42.2 Å². The van der Waals surface area contributed by atoms with Crippen LogP contribution in [0.1, 0.15) is 43.4 Å². The summed E-state index contributed by atoms with van der Waals surface area (Å²) in [4.78, 5) is 0. The first-order valence-corrected chi connectivity index (χ1v) is 13.5. The molecule has 0 spiro atoms. The second kappa shape index (κ2) is 10.4. The van der Waals surface area contributed by atoms with Crippen LogP contribution in [0.3, 0.4) is 0 Å². The van der Waals surface area contributed by atoms with E-state index in [1.165, 1.54) is 12.1 Å². The van der Waals surface area contributed by atoms with Gasteiger partial charge in [-0.2, -0.15) is 13.2 Å². The van der Waals surface area contributed by atoms with Crippen molar-refractivity contribution in [2.45, 2.75) is 50.6 Å². The number of hydrogen-bond donors (Lipinski definition) is 3. The summed E-state index contributed by atoms with van der Waals surface area (Å²) in [5.41, 5.74) is 0.431. The molecule has 0 bridgehead atoms. The molecule has 1 aromatic carbocycles. The number of sulfonamides is 1. The molecule has 5 atom stereocenters. The van der Waals surface area contributed by atoms with Crippen LogP contribution >= 0.6 is 0 Å². The zero-order valence-electron chi connectivity index (χ0n) is 19.1. The first-order valence-electron chi connectivity index (χ1n) is 11.8. The van der Waals surface area contributed by atoms with Crippen molar-refractivity contribution in [3.05, 3.63) is 53.6 Å². The van der Waals surface area contributed by atoms with E-state index in [1.807, 2.05) is 19.1 Å². The lowest BCUT2D eigenvalue weighted by Gasteiger charge is -2.47. The largest absolute Gasteiger partial charge is 0.416 e. The van der Waals surface area contributed by atoms with E-state index in [4.69, 9.17) is 4.74 Å². The third-order valence-corrected chi connectivity index (χ3v) is 8.17. The van der Waals surface area contributed by atoms with E-state index in [1.54, 1.807) is 0 Å². The second-order valence-electron chi connectivity index (χ2n) is 9.12. The first-order chi connectivity index (χ1) is 16.2. The lowest BCUT2D eigenvalue weighted by Crippen LogP contribution is -2.48. The van der Waals surface area contributed by atoms with Crippen LogP contribution < -0.4 is 15.4 Å². The normalized spacial score (nSPS) is 28.8. The van der Waals surface area contributed by atoms with E-state index in [0.717, 1.165) is 18.9 Å². The number of anilines is 1. The summed E-state index contributed by atoms with van der Waals surface area (Å²) in [6.07, 6.45) is 5.05. The van der Waals surface area contributed by atoms with Gasteiger partial charge >= 0.3 is 6.18 Å². The third-order valence-electron chi connectivity index (χ3n) is 6.82. The average molecular weight is 500 g/mol. The van der Waals surface area contributed by atoms with Crippen molar-refractivity contribution in [1.82, 2.24) is 10.0 Å². The average Bonchev–Trinajstić information content (AvgIpc) is 2.82. The quantitative estimate of drug-likeness (QED) is 0.472. The molecule has 34 heavy (non-hydrogen) atoms. The Morgan fingerprint density at radius 1 is 1.21 bits per heavy atom. The van der Waals surface area contributed by atoms with Gasteiger partial charge in [0.2, 0.25) is 10.0 Å². The molecule has 4 rings (SSSR count). The molecule has 0 saturated carbocycles. The van der Waals surface area contributed by atoms with Crippen LogP contribution in [0.2, 0.25) is 0 Å². The summed E-state index contributed by atoms with van der Waals surface area (Å²) in [5, 5.41) is 6.48. The number of nitrogens with one attached hydrogen (secondary N) is 3. The SMILES string of the molecule is CCNCCS(=O)(=O)NC[C@H]1CC[C@@H]2[C@H](O1)c1cc(C(F)(F)F)ccc1N[C@H]2C1C=CC=CC1. The highest BCUT2D eigenvalue weighted by molar-refractivity contribution is 7.89. The Morgan fingerprint density at radius 3 is 2.74 bits per heavy atom. The monoisotopic (exact) mass is 499 g/mol. The number of allylic oxidation sites excluding steroid dienone is 3. The fourth-order valence-electron chi connectivity index (χ4n) is 5.09. The Balaban J connectivity index is 1.54. The van der Waals surface area contributed by atoms with E-state index in [0.29, 0.717) is 30.8 Å². The number of alkyl halides is 3. The van der Waals surface area contributed by atoms with Crippen LogP contribution in [-0.2, 0) is 20.9 Å². The van der Waals surface area contributed by atoms with E-state index < -0.39 is 34.0 Å². The fraction of sp³-hybridized carbons (Fsp3) is 0.583. The highest BCUT2D eigenvalue weighted by atomic mass is 32.2. The highest BCUT2D eigenvalue weighted by Crippen LogP contribution is 2.49. The van der Waals surface area contributed by atoms with Gasteiger partial charge < -0.3 is 15.4 Å². The molecule has 3 aliphatic rings. The minimum Gasteiger partial charge on any atom is -0.381 e. The van der Waals surface area contributed by atoms with Gasteiger partial charge in [0.25, 0.3) is 0 Å². The van der Waals surface area contributed by atoms with E-state index >= 15 is 0 Å². The molecule has 6 nitrogen and oxygen atoms in total. The number of fused-ring (bicyclic) bond motifs is 3. The predicted molar refractivity (Wildman–Crippen MR) is 126 cm³/mol. The van der Waals surface area contributed by atoms with Crippen molar-refractivity contribution in [3.8, 4) is 0 Å². The van der Waals surface area contributed by atoms with Gasteiger partial charge in [-0.3, -0.25) is 0 Å². The topological polar surface area (TPSA) is 79.5 Å². The minimum atomic E-state index is -4.45. The smallest absolute Gasteiger partial charge is 0.381 e. The highest BCUT2D eigenvalue weighted by Gasteiger charge is 2.45.